The molecule has 4 aromatic rings. The van der Waals surface area contributed by atoms with Crippen molar-refractivity contribution >= 4 is 5.65 Å². The van der Waals surface area contributed by atoms with Gasteiger partial charge in [-0.15, -0.1) is 0 Å². The van der Waals surface area contributed by atoms with Crippen LogP contribution in [0.2, 0.25) is 0 Å². The zero-order chi connectivity index (χ0) is 18.4. The third-order valence-electron chi connectivity index (χ3n) is 5.16. The van der Waals surface area contributed by atoms with Gasteiger partial charge in [0.1, 0.15) is 11.5 Å². The molecule has 1 fully saturated rings. The van der Waals surface area contributed by atoms with Crippen LogP contribution < -0.4 is 0 Å². The molecule has 0 aliphatic heterocycles. The molecule has 8 heteroatoms. The van der Waals surface area contributed by atoms with Crippen molar-refractivity contribution in [3.63, 3.8) is 0 Å². The van der Waals surface area contributed by atoms with E-state index < -0.39 is 0 Å². The number of halogens is 1. The molecule has 4 heterocycles. The van der Waals surface area contributed by atoms with Gasteiger partial charge in [-0.05, 0) is 25.2 Å². The molecule has 1 atom stereocenters. The highest BCUT2D eigenvalue weighted by Gasteiger charge is 2.33. The number of nitrogens with zero attached hydrogens (tertiary/aromatic N) is 7. The van der Waals surface area contributed by atoms with Gasteiger partial charge in [0.2, 0.25) is 0 Å². The maximum atomic E-state index is 13.0. The van der Waals surface area contributed by atoms with Gasteiger partial charge >= 0.3 is 0 Å². The molecule has 1 aliphatic rings. The molecule has 0 amide bonds. The zero-order valence-electron chi connectivity index (χ0n) is 15.0. The van der Waals surface area contributed by atoms with Crippen LogP contribution in [0.15, 0.2) is 43.2 Å². The molecule has 5 rings (SSSR count). The lowest BCUT2D eigenvalue weighted by Crippen LogP contribution is -2.12. The second kappa shape index (κ2) is 6.29. The van der Waals surface area contributed by atoms with Gasteiger partial charge in [0.05, 0.1) is 36.4 Å². The first kappa shape index (κ1) is 16.2. The van der Waals surface area contributed by atoms with Gasteiger partial charge in [-0.2, -0.15) is 10.2 Å². The van der Waals surface area contributed by atoms with Gasteiger partial charge in [0.15, 0.2) is 0 Å². The molecule has 1 aliphatic carbocycles. The molecule has 27 heavy (non-hydrogen) atoms. The topological polar surface area (TPSA) is 65.8 Å². The summed E-state index contributed by atoms with van der Waals surface area (Å²) < 4.78 is 18.6. The summed E-state index contributed by atoms with van der Waals surface area (Å²) in [6.07, 6.45) is 14.0. The maximum Gasteiger partial charge on any atom is 0.149 e. The maximum absolute atomic E-state index is 13.0. The number of rotatable bonds is 6. The van der Waals surface area contributed by atoms with Crippen molar-refractivity contribution < 1.29 is 4.39 Å². The van der Waals surface area contributed by atoms with E-state index in [4.69, 9.17) is 4.98 Å². The van der Waals surface area contributed by atoms with Crippen molar-refractivity contribution in [3.8, 4) is 22.6 Å². The van der Waals surface area contributed by atoms with E-state index in [1.807, 2.05) is 47.0 Å². The van der Waals surface area contributed by atoms with Gasteiger partial charge in [-0.3, -0.25) is 18.2 Å². The van der Waals surface area contributed by atoms with Gasteiger partial charge < -0.3 is 0 Å². The first-order valence-corrected chi connectivity index (χ1v) is 9.16. The summed E-state index contributed by atoms with van der Waals surface area (Å²) in [5.74, 6) is 1.31. The summed E-state index contributed by atoms with van der Waals surface area (Å²) in [4.78, 5) is 9.27. The normalized spacial score (nSPS) is 15.5. The van der Waals surface area contributed by atoms with Crippen LogP contribution in [0, 0.1) is 5.92 Å². The SMILES string of the molecule is Cn1cc(-c2cc3nccn3c(-c3cnn([C@@H](CCF)C4CC4)c3)n2)cn1. The van der Waals surface area contributed by atoms with Crippen LogP contribution in [0.25, 0.3) is 28.3 Å². The first-order valence-electron chi connectivity index (χ1n) is 9.16. The molecule has 0 saturated heterocycles. The van der Waals surface area contributed by atoms with E-state index >= 15 is 0 Å². The minimum atomic E-state index is -0.323. The van der Waals surface area contributed by atoms with E-state index in [2.05, 4.69) is 15.2 Å². The van der Waals surface area contributed by atoms with Gasteiger partial charge in [-0.1, -0.05) is 0 Å². The molecule has 0 bridgehead atoms. The number of alkyl halides is 1. The summed E-state index contributed by atoms with van der Waals surface area (Å²) in [6, 6.07) is 2.07. The molecule has 0 spiro atoms. The largest absolute Gasteiger partial charge is 0.284 e. The summed E-state index contributed by atoms with van der Waals surface area (Å²) >= 11 is 0. The quantitative estimate of drug-likeness (QED) is 0.526. The molecular formula is C19H20FN7. The second-order valence-electron chi connectivity index (χ2n) is 7.11. The minimum Gasteiger partial charge on any atom is -0.284 e. The minimum absolute atomic E-state index is 0.128. The second-order valence-corrected chi connectivity index (χ2v) is 7.11. The van der Waals surface area contributed by atoms with Crippen LogP contribution in [-0.4, -0.2) is 40.6 Å². The molecule has 7 nitrogen and oxygen atoms in total. The molecule has 0 unspecified atom stereocenters. The third kappa shape index (κ3) is 2.90. The Hall–Kier alpha value is -3.03. The Morgan fingerprint density at radius 2 is 2.04 bits per heavy atom. The predicted octanol–water partition coefficient (Wildman–Crippen LogP) is 3.30. The molecule has 138 valence electrons. The van der Waals surface area contributed by atoms with Crippen LogP contribution in [0.4, 0.5) is 4.39 Å². The van der Waals surface area contributed by atoms with E-state index in [-0.39, 0.29) is 12.7 Å². The Kier molecular flexibility index (Phi) is 3.77. The van der Waals surface area contributed by atoms with Crippen molar-refractivity contribution in [3.05, 3.63) is 43.2 Å². The van der Waals surface area contributed by atoms with Crippen molar-refractivity contribution in [2.45, 2.75) is 25.3 Å². The van der Waals surface area contributed by atoms with Crippen LogP contribution in [-0.2, 0) is 7.05 Å². The van der Waals surface area contributed by atoms with Crippen molar-refractivity contribution in [1.82, 2.24) is 33.9 Å². The lowest BCUT2D eigenvalue weighted by Gasteiger charge is -2.14. The monoisotopic (exact) mass is 365 g/mol. The number of aromatic nitrogens is 7. The number of aryl methyl sites for hydroxylation is 1. The van der Waals surface area contributed by atoms with E-state index in [0.717, 1.165) is 41.1 Å². The fourth-order valence-electron chi connectivity index (χ4n) is 3.64. The fraction of sp³-hybridized carbons (Fsp3) is 0.368. The van der Waals surface area contributed by atoms with E-state index in [0.29, 0.717) is 12.3 Å². The molecule has 0 radical (unpaired) electrons. The molecule has 0 aromatic carbocycles. The molecule has 4 aromatic heterocycles. The number of imidazole rings is 1. The molecular weight excluding hydrogens is 345 g/mol. The Balaban J connectivity index is 1.59. The Morgan fingerprint density at radius 3 is 2.78 bits per heavy atom. The number of fused-ring (bicyclic) bond motifs is 1. The van der Waals surface area contributed by atoms with Crippen molar-refractivity contribution in [2.24, 2.45) is 13.0 Å². The van der Waals surface area contributed by atoms with Crippen LogP contribution in [0.3, 0.4) is 0 Å². The summed E-state index contributed by atoms with van der Waals surface area (Å²) in [7, 11) is 1.88. The first-order chi connectivity index (χ1) is 13.2. The third-order valence-corrected chi connectivity index (χ3v) is 5.16. The van der Waals surface area contributed by atoms with Crippen LogP contribution in [0.5, 0.6) is 0 Å². The average Bonchev–Trinajstić information content (AvgIpc) is 3.07. The Labute approximate surface area is 155 Å². The summed E-state index contributed by atoms with van der Waals surface area (Å²) in [6.45, 7) is -0.323. The summed E-state index contributed by atoms with van der Waals surface area (Å²) in [5, 5.41) is 8.77. The molecule has 1 saturated carbocycles. The summed E-state index contributed by atoms with van der Waals surface area (Å²) in [5.41, 5.74) is 3.46. The smallest absolute Gasteiger partial charge is 0.149 e. The highest BCUT2D eigenvalue weighted by molar-refractivity contribution is 5.68. The van der Waals surface area contributed by atoms with Crippen LogP contribution >= 0.6 is 0 Å². The number of hydrogen-bond acceptors (Lipinski definition) is 4. The van der Waals surface area contributed by atoms with Gasteiger partial charge in [0.25, 0.3) is 0 Å². The van der Waals surface area contributed by atoms with E-state index in [9.17, 15) is 4.39 Å². The lowest BCUT2D eigenvalue weighted by molar-refractivity contribution is 0.330. The Bertz CT molecular complexity index is 1090. The number of hydrogen-bond donors (Lipinski definition) is 0. The Morgan fingerprint density at radius 1 is 1.19 bits per heavy atom. The van der Waals surface area contributed by atoms with E-state index in [1.165, 1.54) is 0 Å². The highest BCUT2D eigenvalue weighted by Crippen LogP contribution is 2.41. The standard InChI is InChI=1S/C19H20FN7/c1-25-11-14(9-22-25)16-8-18-21-6-7-26(18)19(24-16)15-10-23-27(12-15)17(4-5-20)13-2-3-13/h6-13,17H,2-5H2,1H3/t17-/m0/s1. The average molecular weight is 365 g/mol. The highest BCUT2D eigenvalue weighted by atomic mass is 19.1. The van der Waals surface area contributed by atoms with Crippen molar-refractivity contribution in [1.29, 1.82) is 0 Å². The lowest BCUT2D eigenvalue weighted by atomic mass is 10.1. The van der Waals surface area contributed by atoms with Gasteiger partial charge in [-0.25, -0.2) is 9.97 Å². The zero-order valence-corrected chi connectivity index (χ0v) is 15.0. The van der Waals surface area contributed by atoms with Gasteiger partial charge in [0, 0.05) is 43.5 Å². The predicted molar refractivity (Wildman–Crippen MR) is 98.8 cm³/mol. The van der Waals surface area contributed by atoms with E-state index in [1.54, 1.807) is 17.1 Å². The van der Waals surface area contributed by atoms with Crippen molar-refractivity contribution in [2.75, 3.05) is 6.67 Å². The van der Waals surface area contributed by atoms with Crippen LogP contribution in [0.1, 0.15) is 25.3 Å². The fourth-order valence-corrected chi connectivity index (χ4v) is 3.64. The molecule has 0 N–H and O–H groups in total.